The zero-order chi connectivity index (χ0) is 22.1. The molecule has 10 heteroatoms. The Hall–Kier alpha value is -2.91. The number of benzene rings is 2. The van der Waals surface area contributed by atoms with E-state index in [-0.39, 0.29) is 23.4 Å². The van der Waals surface area contributed by atoms with Crippen LogP contribution in [0.3, 0.4) is 0 Å². The second kappa shape index (κ2) is 11.3. The van der Waals surface area contributed by atoms with Gasteiger partial charge in [0.25, 0.3) is 11.8 Å². The van der Waals surface area contributed by atoms with Gasteiger partial charge in [-0.15, -0.1) is 0 Å². The zero-order valence-electron chi connectivity index (χ0n) is 16.0. The number of aryl methyl sites for hydroxylation is 1. The van der Waals surface area contributed by atoms with Crippen molar-refractivity contribution in [3.63, 3.8) is 0 Å². The highest BCUT2D eigenvalue weighted by atomic mass is 79.9. The molecule has 0 aliphatic carbocycles. The van der Waals surface area contributed by atoms with Crippen LogP contribution in [0.25, 0.3) is 0 Å². The molecular formula is C20H19BrClN3O5. The third kappa shape index (κ3) is 7.49. The summed E-state index contributed by atoms with van der Waals surface area (Å²) in [5.41, 5.74) is 6.04. The number of halogens is 2. The monoisotopic (exact) mass is 495 g/mol. The second-order valence-electron chi connectivity index (χ2n) is 6.15. The lowest BCUT2D eigenvalue weighted by molar-refractivity contribution is -0.148. The fourth-order valence-corrected chi connectivity index (χ4v) is 2.99. The van der Waals surface area contributed by atoms with E-state index in [1.807, 2.05) is 13.0 Å². The average molecular weight is 497 g/mol. The van der Waals surface area contributed by atoms with Crippen LogP contribution >= 0.6 is 27.5 Å². The molecule has 0 aliphatic heterocycles. The average Bonchev–Trinajstić information content (AvgIpc) is 2.71. The fourth-order valence-electron chi connectivity index (χ4n) is 2.29. The SMILES string of the molecule is Cc1cc(Br)ccc1NC(=O)COC(=O)CCC(=O)NNC(=O)c1ccccc1Cl. The largest absolute Gasteiger partial charge is 0.456 e. The van der Waals surface area contributed by atoms with Crippen molar-refractivity contribution in [1.82, 2.24) is 10.9 Å². The smallest absolute Gasteiger partial charge is 0.306 e. The summed E-state index contributed by atoms with van der Waals surface area (Å²) in [5, 5.41) is 2.88. The van der Waals surface area contributed by atoms with Gasteiger partial charge in [0.15, 0.2) is 6.61 Å². The minimum Gasteiger partial charge on any atom is -0.456 e. The maximum absolute atomic E-state index is 11.9. The number of hydrogen-bond acceptors (Lipinski definition) is 5. The maximum Gasteiger partial charge on any atom is 0.306 e. The molecule has 0 bridgehead atoms. The molecule has 0 fully saturated rings. The Kier molecular flexibility index (Phi) is 8.82. The van der Waals surface area contributed by atoms with Crippen molar-refractivity contribution in [3.8, 4) is 0 Å². The third-order valence-electron chi connectivity index (χ3n) is 3.82. The molecule has 3 N–H and O–H groups in total. The van der Waals surface area contributed by atoms with Crippen LogP contribution < -0.4 is 16.2 Å². The van der Waals surface area contributed by atoms with Crippen molar-refractivity contribution in [3.05, 3.63) is 63.1 Å². The first-order valence-corrected chi connectivity index (χ1v) is 9.98. The Bertz CT molecular complexity index is 967. The predicted octanol–water partition coefficient (Wildman–Crippen LogP) is 3.13. The Morgan fingerprint density at radius 2 is 1.73 bits per heavy atom. The number of esters is 1. The zero-order valence-corrected chi connectivity index (χ0v) is 18.3. The van der Waals surface area contributed by atoms with Crippen LogP contribution in [0.1, 0.15) is 28.8 Å². The summed E-state index contributed by atoms with van der Waals surface area (Å²) in [6.07, 6.45) is -0.479. The van der Waals surface area contributed by atoms with Crippen LogP contribution in [0, 0.1) is 6.92 Å². The van der Waals surface area contributed by atoms with Gasteiger partial charge in [-0.3, -0.25) is 30.0 Å². The van der Waals surface area contributed by atoms with Gasteiger partial charge in [0, 0.05) is 16.6 Å². The van der Waals surface area contributed by atoms with E-state index in [0.717, 1.165) is 10.0 Å². The lowest BCUT2D eigenvalue weighted by Gasteiger charge is -2.10. The van der Waals surface area contributed by atoms with E-state index in [4.69, 9.17) is 16.3 Å². The van der Waals surface area contributed by atoms with Crippen LogP contribution in [-0.4, -0.2) is 30.3 Å². The summed E-state index contributed by atoms with van der Waals surface area (Å²) in [7, 11) is 0. The first-order chi connectivity index (χ1) is 14.3. The minimum absolute atomic E-state index is 0.200. The van der Waals surface area contributed by atoms with Crippen molar-refractivity contribution < 1.29 is 23.9 Å². The first-order valence-electron chi connectivity index (χ1n) is 8.81. The minimum atomic E-state index is -0.717. The van der Waals surface area contributed by atoms with Crippen LogP contribution in [-0.2, 0) is 19.1 Å². The predicted molar refractivity (Wildman–Crippen MR) is 115 cm³/mol. The van der Waals surface area contributed by atoms with Gasteiger partial charge in [0.05, 0.1) is 17.0 Å². The Morgan fingerprint density at radius 1 is 1.00 bits per heavy atom. The molecule has 2 rings (SSSR count). The third-order valence-corrected chi connectivity index (χ3v) is 4.64. The molecule has 2 aromatic carbocycles. The Morgan fingerprint density at radius 3 is 2.43 bits per heavy atom. The van der Waals surface area contributed by atoms with E-state index in [2.05, 4.69) is 32.1 Å². The first kappa shape index (κ1) is 23.4. The number of hydrazine groups is 1. The van der Waals surface area contributed by atoms with E-state index in [9.17, 15) is 19.2 Å². The van der Waals surface area contributed by atoms with E-state index in [0.29, 0.717) is 5.69 Å². The van der Waals surface area contributed by atoms with E-state index >= 15 is 0 Å². The number of amides is 3. The quantitative estimate of drug-likeness (QED) is 0.403. The topological polar surface area (TPSA) is 114 Å². The molecule has 0 aromatic heterocycles. The second-order valence-corrected chi connectivity index (χ2v) is 7.47. The molecule has 30 heavy (non-hydrogen) atoms. The van der Waals surface area contributed by atoms with E-state index < -0.39 is 30.3 Å². The van der Waals surface area contributed by atoms with Gasteiger partial charge in [0.2, 0.25) is 5.91 Å². The Balaban J connectivity index is 1.67. The normalized spacial score (nSPS) is 10.1. The van der Waals surface area contributed by atoms with Crippen LogP contribution in [0.15, 0.2) is 46.9 Å². The lowest BCUT2D eigenvalue weighted by atomic mass is 10.2. The molecule has 3 amide bonds. The molecule has 0 atom stereocenters. The summed E-state index contributed by atoms with van der Waals surface area (Å²) >= 11 is 9.23. The Labute approximate surface area is 186 Å². The van der Waals surface area contributed by atoms with Gasteiger partial charge in [-0.05, 0) is 42.8 Å². The molecule has 0 radical (unpaired) electrons. The molecule has 0 aliphatic rings. The van der Waals surface area contributed by atoms with E-state index in [1.165, 1.54) is 6.07 Å². The maximum atomic E-state index is 11.9. The summed E-state index contributed by atoms with van der Waals surface area (Å²) < 4.78 is 5.74. The number of nitrogens with one attached hydrogen (secondary N) is 3. The standard InChI is InChI=1S/C20H19BrClN3O5/c1-12-10-13(21)6-7-16(12)23-18(27)11-30-19(28)9-8-17(26)24-25-20(29)14-4-2-3-5-15(14)22/h2-7,10H,8-9,11H2,1H3,(H,23,27)(H,24,26)(H,25,29). The van der Waals surface area contributed by atoms with Crippen LogP contribution in [0.2, 0.25) is 5.02 Å². The molecular weight excluding hydrogens is 478 g/mol. The summed E-state index contributed by atoms with van der Waals surface area (Å²) in [6.45, 7) is 1.36. The van der Waals surface area contributed by atoms with Gasteiger partial charge >= 0.3 is 5.97 Å². The van der Waals surface area contributed by atoms with Crippen molar-refractivity contribution in [2.24, 2.45) is 0 Å². The van der Waals surface area contributed by atoms with Crippen molar-refractivity contribution >= 4 is 56.9 Å². The van der Waals surface area contributed by atoms with Gasteiger partial charge in [-0.2, -0.15) is 0 Å². The molecule has 0 saturated heterocycles. The highest BCUT2D eigenvalue weighted by Gasteiger charge is 2.13. The molecule has 0 unspecified atom stereocenters. The van der Waals surface area contributed by atoms with Crippen molar-refractivity contribution in [2.45, 2.75) is 19.8 Å². The van der Waals surface area contributed by atoms with Gasteiger partial charge in [0.1, 0.15) is 0 Å². The number of anilines is 1. The number of rotatable bonds is 7. The van der Waals surface area contributed by atoms with Crippen molar-refractivity contribution in [1.29, 1.82) is 0 Å². The highest BCUT2D eigenvalue weighted by Crippen LogP contribution is 2.20. The van der Waals surface area contributed by atoms with Gasteiger partial charge in [-0.25, -0.2) is 0 Å². The summed E-state index contributed by atoms with van der Waals surface area (Å²) in [6, 6.07) is 11.7. The number of carbonyl (C=O) groups is 4. The molecule has 158 valence electrons. The molecule has 2 aromatic rings. The van der Waals surface area contributed by atoms with Gasteiger partial charge < -0.3 is 10.1 Å². The summed E-state index contributed by atoms with van der Waals surface area (Å²) in [4.78, 5) is 47.3. The molecule has 0 heterocycles. The number of ether oxygens (including phenoxy) is 1. The number of hydrogen-bond donors (Lipinski definition) is 3. The lowest BCUT2D eigenvalue weighted by Crippen LogP contribution is -2.41. The number of carbonyl (C=O) groups excluding carboxylic acids is 4. The van der Waals surface area contributed by atoms with Crippen LogP contribution in [0.5, 0.6) is 0 Å². The van der Waals surface area contributed by atoms with Crippen molar-refractivity contribution in [2.75, 3.05) is 11.9 Å². The van der Waals surface area contributed by atoms with E-state index in [1.54, 1.807) is 30.3 Å². The molecule has 0 spiro atoms. The van der Waals surface area contributed by atoms with Crippen LogP contribution in [0.4, 0.5) is 5.69 Å². The fraction of sp³-hybridized carbons (Fsp3) is 0.200. The highest BCUT2D eigenvalue weighted by molar-refractivity contribution is 9.10. The van der Waals surface area contributed by atoms with Gasteiger partial charge in [-0.1, -0.05) is 39.7 Å². The molecule has 8 nitrogen and oxygen atoms in total. The summed E-state index contributed by atoms with van der Waals surface area (Å²) in [5.74, 6) is -2.39. The molecule has 0 saturated carbocycles.